The minimum absolute atomic E-state index is 0.0714. The Morgan fingerprint density at radius 3 is 2.76 bits per heavy atom. The van der Waals surface area contributed by atoms with Crippen molar-refractivity contribution < 1.29 is 9.59 Å². The summed E-state index contributed by atoms with van der Waals surface area (Å²) in [6, 6.07) is 13.6. The summed E-state index contributed by atoms with van der Waals surface area (Å²) in [5.41, 5.74) is 4.32. The minimum Gasteiger partial charge on any atom is -0.369 e. The van der Waals surface area contributed by atoms with Gasteiger partial charge in [0.1, 0.15) is 5.69 Å². The number of halogens is 1. The van der Waals surface area contributed by atoms with Crippen LogP contribution in [0, 0.1) is 0 Å². The van der Waals surface area contributed by atoms with Crippen molar-refractivity contribution in [3.63, 3.8) is 0 Å². The van der Waals surface area contributed by atoms with Crippen molar-refractivity contribution in [2.45, 2.75) is 12.8 Å². The zero-order valence-electron chi connectivity index (χ0n) is 18.5. The number of H-pyrrole nitrogens is 1. The molecule has 0 radical (unpaired) electrons. The summed E-state index contributed by atoms with van der Waals surface area (Å²) in [6.07, 6.45) is 1.68. The Balaban J connectivity index is 1.10. The lowest BCUT2D eigenvalue weighted by molar-refractivity contribution is 0.0937. The molecule has 1 saturated heterocycles. The van der Waals surface area contributed by atoms with Crippen LogP contribution in [0.5, 0.6) is 0 Å². The fraction of sp³-hybridized carbons (Fsp3) is 0.360. The second-order valence-electron chi connectivity index (χ2n) is 8.66. The molecule has 3 heterocycles. The van der Waals surface area contributed by atoms with Gasteiger partial charge in [-0.3, -0.25) is 14.5 Å². The van der Waals surface area contributed by atoms with Gasteiger partial charge in [0.15, 0.2) is 0 Å². The highest BCUT2D eigenvalue weighted by molar-refractivity contribution is 6.30. The van der Waals surface area contributed by atoms with Crippen molar-refractivity contribution in [3.8, 4) is 0 Å². The van der Waals surface area contributed by atoms with Gasteiger partial charge in [-0.15, -0.1) is 0 Å². The number of aromatic nitrogens is 1. The number of nitrogens with zero attached hydrogens (tertiary/aromatic N) is 2. The molecule has 0 atom stereocenters. The number of aromatic amines is 1. The predicted octanol–water partition coefficient (Wildman–Crippen LogP) is 3.05. The number of amides is 2. The molecule has 172 valence electrons. The maximum Gasteiger partial charge on any atom is 0.268 e. The molecule has 2 aliphatic rings. The molecule has 0 unspecified atom stereocenters. The number of carbonyl (C=O) groups excluding carboxylic acids is 2. The monoisotopic (exact) mass is 465 g/mol. The van der Waals surface area contributed by atoms with Gasteiger partial charge < -0.3 is 20.5 Å². The molecular weight excluding hydrogens is 438 g/mol. The van der Waals surface area contributed by atoms with Gasteiger partial charge in [0.2, 0.25) is 0 Å². The molecule has 8 heteroatoms. The first-order valence-electron chi connectivity index (χ1n) is 11.5. The van der Waals surface area contributed by atoms with Crippen molar-refractivity contribution in [1.82, 2.24) is 20.5 Å². The van der Waals surface area contributed by atoms with Gasteiger partial charge in [-0.1, -0.05) is 17.7 Å². The van der Waals surface area contributed by atoms with Crippen LogP contribution in [0.3, 0.4) is 0 Å². The number of hydrogen-bond acceptors (Lipinski definition) is 4. The first kappa shape index (κ1) is 21.8. The maximum atomic E-state index is 12.7. The Labute approximate surface area is 198 Å². The van der Waals surface area contributed by atoms with Crippen molar-refractivity contribution in [1.29, 1.82) is 0 Å². The molecule has 5 rings (SSSR count). The summed E-state index contributed by atoms with van der Waals surface area (Å²) in [5.74, 6) is -0.148. The van der Waals surface area contributed by atoms with Crippen LogP contribution in [0.2, 0.25) is 5.02 Å². The second-order valence-corrected chi connectivity index (χ2v) is 9.10. The Bertz CT molecular complexity index is 1180. The number of rotatable bonds is 6. The van der Waals surface area contributed by atoms with E-state index in [9.17, 15) is 9.59 Å². The van der Waals surface area contributed by atoms with E-state index < -0.39 is 0 Å². The summed E-state index contributed by atoms with van der Waals surface area (Å²) < 4.78 is 0. The normalized spacial score (nSPS) is 16.5. The van der Waals surface area contributed by atoms with Gasteiger partial charge in [-0.2, -0.15) is 0 Å². The highest BCUT2D eigenvalue weighted by Crippen LogP contribution is 2.26. The lowest BCUT2D eigenvalue weighted by Gasteiger charge is -2.36. The van der Waals surface area contributed by atoms with E-state index in [0.29, 0.717) is 24.3 Å². The van der Waals surface area contributed by atoms with E-state index >= 15 is 0 Å². The van der Waals surface area contributed by atoms with Crippen LogP contribution >= 0.6 is 11.6 Å². The van der Waals surface area contributed by atoms with Crippen LogP contribution in [0.4, 0.5) is 5.69 Å². The largest absolute Gasteiger partial charge is 0.369 e. The third kappa shape index (κ3) is 4.70. The van der Waals surface area contributed by atoms with Crippen molar-refractivity contribution in [3.05, 3.63) is 64.3 Å². The first-order chi connectivity index (χ1) is 16.1. The quantitative estimate of drug-likeness (QED) is 0.489. The average molecular weight is 466 g/mol. The van der Waals surface area contributed by atoms with Crippen LogP contribution < -0.4 is 15.5 Å². The third-order valence-electron chi connectivity index (χ3n) is 6.54. The van der Waals surface area contributed by atoms with E-state index in [2.05, 4.69) is 31.5 Å². The molecule has 3 aromatic rings. The molecule has 33 heavy (non-hydrogen) atoms. The van der Waals surface area contributed by atoms with E-state index in [1.165, 1.54) is 5.69 Å². The van der Waals surface area contributed by atoms with E-state index in [-0.39, 0.29) is 11.8 Å². The summed E-state index contributed by atoms with van der Waals surface area (Å²) in [4.78, 5) is 32.7. The summed E-state index contributed by atoms with van der Waals surface area (Å²) in [5, 5.41) is 7.63. The lowest BCUT2D eigenvalue weighted by Crippen LogP contribution is -2.47. The van der Waals surface area contributed by atoms with E-state index in [4.69, 9.17) is 11.6 Å². The SMILES string of the molecule is O=C(NCCCN1CCN(c2cccc(Cl)c2)CC1)c1ccc2[nH]c3c(c2c1)CCNC3=O. The lowest BCUT2D eigenvalue weighted by atomic mass is 10.0. The van der Waals surface area contributed by atoms with Crippen LogP contribution in [-0.2, 0) is 6.42 Å². The number of carbonyl (C=O) groups is 2. The Kier molecular flexibility index (Phi) is 6.24. The fourth-order valence-corrected chi connectivity index (χ4v) is 4.93. The molecule has 1 fully saturated rings. The predicted molar refractivity (Wildman–Crippen MR) is 131 cm³/mol. The number of fused-ring (bicyclic) bond motifs is 3. The summed E-state index contributed by atoms with van der Waals surface area (Å²) in [7, 11) is 0. The van der Waals surface area contributed by atoms with E-state index in [1.54, 1.807) is 0 Å². The van der Waals surface area contributed by atoms with Gasteiger partial charge in [0.05, 0.1) is 0 Å². The molecule has 3 N–H and O–H groups in total. The molecule has 2 amide bonds. The summed E-state index contributed by atoms with van der Waals surface area (Å²) in [6.45, 7) is 6.19. The molecule has 0 bridgehead atoms. The zero-order valence-corrected chi connectivity index (χ0v) is 19.3. The van der Waals surface area contributed by atoms with Crippen LogP contribution in [-0.4, -0.2) is 67.5 Å². The Morgan fingerprint density at radius 2 is 1.94 bits per heavy atom. The number of benzene rings is 2. The van der Waals surface area contributed by atoms with E-state index in [1.807, 2.05) is 36.4 Å². The standard InChI is InChI=1S/C25H28ClN5O2/c26-18-3-1-4-19(16-18)31-13-11-30(12-14-31)10-2-8-27-24(32)17-5-6-22-21(15-17)20-7-9-28-25(33)23(20)29-22/h1,3-6,15-16,29H,2,7-14H2,(H,27,32)(H,28,33). The minimum atomic E-state index is -0.0770. The number of anilines is 1. The number of hydrogen-bond donors (Lipinski definition) is 3. The zero-order chi connectivity index (χ0) is 22.8. The second kappa shape index (κ2) is 9.45. The molecular formula is C25H28ClN5O2. The topological polar surface area (TPSA) is 80.5 Å². The number of nitrogens with one attached hydrogen (secondary N) is 3. The number of piperazine rings is 1. The molecule has 0 saturated carbocycles. The van der Waals surface area contributed by atoms with E-state index in [0.717, 1.165) is 67.1 Å². The molecule has 0 spiro atoms. The van der Waals surface area contributed by atoms with Gasteiger partial charge in [-0.05, 0) is 61.3 Å². The summed E-state index contributed by atoms with van der Waals surface area (Å²) >= 11 is 6.12. The van der Waals surface area contributed by atoms with Crippen LogP contribution in [0.1, 0.15) is 32.8 Å². The molecule has 0 aliphatic carbocycles. The van der Waals surface area contributed by atoms with Crippen molar-refractivity contribution >= 4 is 40.0 Å². The average Bonchev–Trinajstić information content (AvgIpc) is 3.21. The molecule has 1 aromatic heterocycles. The fourth-order valence-electron chi connectivity index (χ4n) is 4.74. The maximum absolute atomic E-state index is 12.7. The van der Waals surface area contributed by atoms with Crippen molar-refractivity contribution in [2.24, 2.45) is 0 Å². The highest BCUT2D eigenvalue weighted by Gasteiger charge is 2.22. The van der Waals surface area contributed by atoms with Gasteiger partial charge >= 0.3 is 0 Å². The first-order valence-corrected chi connectivity index (χ1v) is 11.9. The molecule has 7 nitrogen and oxygen atoms in total. The Morgan fingerprint density at radius 1 is 1.09 bits per heavy atom. The molecule has 2 aliphatic heterocycles. The van der Waals surface area contributed by atoms with Crippen molar-refractivity contribution in [2.75, 3.05) is 50.7 Å². The van der Waals surface area contributed by atoms with Crippen LogP contribution in [0.15, 0.2) is 42.5 Å². The molecule has 2 aromatic carbocycles. The van der Waals surface area contributed by atoms with Gasteiger partial charge in [-0.25, -0.2) is 0 Å². The Hall–Kier alpha value is -3.03. The third-order valence-corrected chi connectivity index (χ3v) is 6.77. The smallest absolute Gasteiger partial charge is 0.268 e. The van der Waals surface area contributed by atoms with Gasteiger partial charge in [0.25, 0.3) is 11.8 Å². The highest BCUT2D eigenvalue weighted by atomic mass is 35.5. The van der Waals surface area contributed by atoms with Crippen LogP contribution in [0.25, 0.3) is 10.9 Å². The van der Waals surface area contributed by atoms with Gasteiger partial charge in [0, 0.05) is 66.4 Å².